The van der Waals surface area contributed by atoms with Gasteiger partial charge in [0.1, 0.15) is 5.84 Å². The first-order chi connectivity index (χ1) is 9.12. The summed E-state index contributed by atoms with van der Waals surface area (Å²) in [5, 5.41) is 11.8. The summed E-state index contributed by atoms with van der Waals surface area (Å²) in [5.74, 6) is 0.328. The van der Waals surface area contributed by atoms with Crippen molar-refractivity contribution in [1.82, 2.24) is 9.80 Å². The maximum absolute atomic E-state index is 8.68. The van der Waals surface area contributed by atoms with Crippen LogP contribution in [0.3, 0.4) is 0 Å². The van der Waals surface area contributed by atoms with Gasteiger partial charge < -0.3 is 20.7 Å². The van der Waals surface area contributed by atoms with Gasteiger partial charge in [0, 0.05) is 12.5 Å². The molecule has 5 nitrogen and oxygen atoms in total. The molecule has 1 atom stereocenters. The minimum atomic E-state index is 0.328. The fourth-order valence-corrected chi connectivity index (χ4v) is 2.45. The lowest BCUT2D eigenvalue weighted by atomic mass is 10.1. The Morgan fingerprint density at radius 3 is 2.16 bits per heavy atom. The molecule has 0 aliphatic heterocycles. The fraction of sp³-hybridized carbons (Fsp3) is 0.929. The van der Waals surface area contributed by atoms with Crippen LogP contribution in [-0.2, 0) is 0 Å². The van der Waals surface area contributed by atoms with Crippen LogP contribution < -0.4 is 5.73 Å². The van der Waals surface area contributed by atoms with Crippen molar-refractivity contribution in [3.05, 3.63) is 0 Å². The molecule has 0 aromatic heterocycles. The van der Waals surface area contributed by atoms with Crippen LogP contribution in [0.4, 0.5) is 0 Å². The molecule has 0 aliphatic rings. The summed E-state index contributed by atoms with van der Waals surface area (Å²) >= 11 is 0. The van der Waals surface area contributed by atoms with Crippen LogP contribution in [0, 0.1) is 0 Å². The summed E-state index contributed by atoms with van der Waals surface area (Å²) in [4.78, 5) is 4.87. The van der Waals surface area contributed by atoms with Gasteiger partial charge in [-0.1, -0.05) is 32.9 Å². The van der Waals surface area contributed by atoms with Gasteiger partial charge in [-0.2, -0.15) is 0 Å². The molecule has 0 aliphatic carbocycles. The molecule has 0 bridgehead atoms. The molecule has 0 aromatic rings. The Labute approximate surface area is 118 Å². The lowest BCUT2D eigenvalue weighted by Crippen LogP contribution is -2.39. The van der Waals surface area contributed by atoms with Crippen LogP contribution in [0.5, 0.6) is 0 Å². The highest BCUT2D eigenvalue weighted by Gasteiger charge is 2.16. The van der Waals surface area contributed by atoms with Gasteiger partial charge in [-0.05, 0) is 45.6 Å². The predicted molar refractivity (Wildman–Crippen MR) is 81.8 cm³/mol. The molecular formula is C14H32N4O. The second-order valence-electron chi connectivity index (χ2n) is 4.87. The van der Waals surface area contributed by atoms with Gasteiger partial charge in [-0.15, -0.1) is 0 Å². The molecule has 3 N–H and O–H groups in total. The van der Waals surface area contributed by atoms with Crippen LogP contribution in [-0.4, -0.2) is 59.6 Å². The summed E-state index contributed by atoms with van der Waals surface area (Å²) in [7, 11) is 0. The lowest BCUT2D eigenvalue weighted by molar-refractivity contribution is 0.186. The van der Waals surface area contributed by atoms with Crippen molar-refractivity contribution in [1.29, 1.82) is 0 Å². The molecule has 0 rings (SSSR count). The Hall–Kier alpha value is -0.810. The van der Waals surface area contributed by atoms with Crippen molar-refractivity contribution >= 4 is 5.84 Å². The fourth-order valence-electron chi connectivity index (χ4n) is 2.45. The standard InChI is InChI=1S/C14H32N4O/c1-5-13(12-14(15)16-19)18(8-4)11-9-10-17(6-2)7-3/h13,19H,5-12H2,1-4H3,(H2,15,16). The zero-order chi connectivity index (χ0) is 14.7. The normalized spacial score (nSPS) is 14.3. The molecule has 0 radical (unpaired) electrons. The third-order valence-corrected chi connectivity index (χ3v) is 3.78. The van der Waals surface area contributed by atoms with Gasteiger partial charge in [-0.3, -0.25) is 0 Å². The van der Waals surface area contributed by atoms with E-state index >= 15 is 0 Å². The third kappa shape index (κ3) is 7.38. The molecule has 0 spiro atoms. The van der Waals surface area contributed by atoms with Gasteiger partial charge >= 0.3 is 0 Å². The van der Waals surface area contributed by atoms with Crippen LogP contribution in [0.2, 0.25) is 0 Å². The predicted octanol–water partition coefficient (Wildman–Crippen LogP) is 1.96. The summed E-state index contributed by atoms with van der Waals surface area (Å²) in [6, 6.07) is 0.373. The second-order valence-corrected chi connectivity index (χ2v) is 4.87. The molecule has 0 saturated heterocycles. The molecule has 19 heavy (non-hydrogen) atoms. The Morgan fingerprint density at radius 1 is 1.11 bits per heavy atom. The molecule has 0 aromatic carbocycles. The van der Waals surface area contributed by atoms with Crippen LogP contribution in [0.25, 0.3) is 0 Å². The van der Waals surface area contributed by atoms with Crippen molar-refractivity contribution in [2.24, 2.45) is 10.9 Å². The number of nitrogens with zero attached hydrogens (tertiary/aromatic N) is 3. The topological polar surface area (TPSA) is 65.1 Å². The number of rotatable bonds is 11. The smallest absolute Gasteiger partial charge is 0.140 e. The van der Waals surface area contributed by atoms with Gasteiger partial charge in [0.2, 0.25) is 0 Å². The highest BCUT2D eigenvalue weighted by molar-refractivity contribution is 5.80. The van der Waals surface area contributed by atoms with E-state index in [-0.39, 0.29) is 0 Å². The van der Waals surface area contributed by atoms with Crippen molar-refractivity contribution in [2.75, 3.05) is 32.7 Å². The Kier molecular flexibility index (Phi) is 10.6. The van der Waals surface area contributed by atoms with Gasteiger partial charge in [0.05, 0.1) is 0 Å². The monoisotopic (exact) mass is 272 g/mol. The molecule has 0 saturated carbocycles. The summed E-state index contributed by atoms with van der Waals surface area (Å²) < 4.78 is 0. The third-order valence-electron chi connectivity index (χ3n) is 3.78. The molecule has 0 heterocycles. The highest BCUT2D eigenvalue weighted by Crippen LogP contribution is 2.09. The van der Waals surface area contributed by atoms with E-state index in [0.29, 0.717) is 18.3 Å². The molecule has 1 unspecified atom stereocenters. The van der Waals surface area contributed by atoms with Crippen LogP contribution in [0.15, 0.2) is 5.16 Å². The minimum Gasteiger partial charge on any atom is -0.409 e. The van der Waals surface area contributed by atoms with Crippen molar-refractivity contribution in [2.45, 2.75) is 53.0 Å². The van der Waals surface area contributed by atoms with Gasteiger partial charge in [0.25, 0.3) is 0 Å². The SMILES string of the molecule is CCC(CC(N)=NO)N(CC)CCCN(CC)CC. The Bertz CT molecular complexity index is 242. The van der Waals surface area contributed by atoms with Crippen LogP contribution >= 0.6 is 0 Å². The van der Waals surface area contributed by atoms with E-state index in [1.54, 1.807) is 0 Å². The van der Waals surface area contributed by atoms with E-state index in [1.807, 2.05) is 0 Å². The zero-order valence-electron chi connectivity index (χ0n) is 13.1. The Morgan fingerprint density at radius 2 is 1.74 bits per heavy atom. The average molecular weight is 272 g/mol. The molecule has 5 heteroatoms. The minimum absolute atomic E-state index is 0.328. The molecule has 0 amide bonds. The molecule has 0 fully saturated rings. The first-order valence-corrected chi connectivity index (χ1v) is 7.55. The van der Waals surface area contributed by atoms with Crippen molar-refractivity contribution in [3.63, 3.8) is 0 Å². The molecular weight excluding hydrogens is 240 g/mol. The van der Waals surface area contributed by atoms with Crippen LogP contribution in [0.1, 0.15) is 47.0 Å². The van der Waals surface area contributed by atoms with E-state index in [2.05, 4.69) is 42.7 Å². The van der Waals surface area contributed by atoms with E-state index in [1.165, 1.54) is 6.42 Å². The summed E-state index contributed by atoms with van der Waals surface area (Å²) in [5.41, 5.74) is 5.63. The maximum Gasteiger partial charge on any atom is 0.140 e. The van der Waals surface area contributed by atoms with Crippen molar-refractivity contribution < 1.29 is 5.21 Å². The second kappa shape index (κ2) is 11.1. The number of hydrogen-bond donors (Lipinski definition) is 2. The number of nitrogens with two attached hydrogens (primary N) is 1. The van der Waals surface area contributed by atoms with E-state index < -0.39 is 0 Å². The average Bonchev–Trinajstić information content (AvgIpc) is 2.45. The molecule has 114 valence electrons. The number of oxime groups is 1. The van der Waals surface area contributed by atoms with E-state index in [0.717, 1.165) is 39.1 Å². The van der Waals surface area contributed by atoms with Crippen molar-refractivity contribution in [3.8, 4) is 0 Å². The lowest BCUT2D eigenvalue weighted by Gasteiger charge is -2.30. The summed E-state index contributed by atoms with van der Waals surface area (Å²) in [6.45, 7) is 14.2. The van der Waals surface area contributed by atoms with E-state index in [4.69, 9.17) is 10.9 Å². The van der Waals surface area contributed by atoms with Gasteiger partial charge in [0.15, 0.2) is 0 Å². The first-order valence-electron chi connectivity index (χ1n) is 7.55. The first kappa shape index (κ1) is 18.2. The van der Waals surface area contributed by atoms with E-state index in [9.17, 15) is 0 Å². The number of hydrogen-bond acceptors (Lipinski definition) is 4. The maximum atomic E-state index is 8.68. The summed E-state index contributed by atoms with van der Waals surface area (Å²) in [6.07, 6.45) is 2.84. The van der Waals surface area contributed by atoms with Gasteiger partial charge in [-0.25, -0.2) is 0 Å². The largest absolute Gasteiger partial charge is 0.409 e. The highest BCUT2D eigenvalue weighted by atomic mass is 16.4. The quantitative estimate of drug-likeness (QED) is 0.261. The zero-order valence-corrected chi connectivity index (χ0v) is 13.1. The number of amidine groups is 1. The Balaban J connectivity index is 4.22.